The number of carbonyl (C=O) groups is 1. The van der Waals surface area contributed by atoms with Gasteiger partial charge in [0.1, 0.15) is 0 Å². The summed E-state index contributed by atoms with van der Waals surface area (Å²) in [7, 11) is 1.69. The smallest absolute Gasteiger partial charge is 0.321 e. The van der Waals surface area contributed by atoms with Crippen molar-refractivity contribution >= 4 is 22.6 Å². The molecule has 1 fully saturated rings. The zero-order valence-electron chi connectivity index (χ0n) is 13.4. The number of rotatable bonds is 4. The van der Waals surface area contributed by atoms with Crippen LogP contribution in [0.25, 0.3) is 10.9 Å². The van der Waals surface area contributed by atoms with E-state index >= 15 is 0 Å². The van der Waals surface area contributed by atoms with Crippen LogP contribution in [0.1, 0.15) is 12.8 Å². The van der Waals surface area contributed by atoms with E-state index in [4.69, 9.17) is 4.74 Å². The molecule has 1 saturated heterocycles. The van der Waals surface area contributed by atoms with Crippen LogP contribution >= 0.6 is 0 Å². The number of benzene rings is 1. The molecule has 124 valence electrons. The summed E-state index contributed by atoms with van der Waals surface area (Å²) in [6, 6.07) is 7.76. The van der Waals surface area contributed by atoms with Crippen LogP contribution in [-0.4, -0.2) is 53.5 Å². The maximum absolute atomic E-state index is 12.3. The monoisotopic (exact) mass is 317 g/mol. The standard InChI is InChI=1S/C17H23N3O3/c1-23-10-9-19-8-6-13-11-14(4-5-16(13)19)18-17(22)20-7-2-3-15(21)12-20/h4-6,8,11,15,21H,2-3,7,9-10,12H2,1H3,(H,18,22). The average Bonchev–Trinajstić information content (AvgIpc) is 2.95. The number of urea groups is 1. The third-order valence-corrected chi connectivity index (χ3v) is 4.24. The average molecular weight is 317 g/mol. The summed E-state index contributed by atoms with van der Waals surface area (Å²) >= 11 is 0. The van der Waals surface area contributed by atoms with Gasteiger partial charge < -0.3 is 24.6 Å². The van der Waals surface area contributed by atoms with Crippen LogP contribution in [0, 0.1) is 0 Å². The summed E-state index contributed by atoms with van der Waals surface area (Å²) < 4.78 is 7.24. The molecule has 3 rings (SSSR count). The number of likely N-dealkylation sites (tertiary alicyclic amines) is 1. The van der Waals surface area contributed by atoms with Gasteiger partial charge in [-0.25, -0.2) is 4.79 Å². The van der Waals surface area contributed by atoms with Crippen molar-refractivity contribution in [3.8, 4) is 0 Å². The van der Waals surface area contributed by atoms with Gasteiger partial charge in [-0.3, -0.25) is 0 Å². The highest BCUT2D eigenvalue weighted by Gasteiger charge is 2.22. The van der Waals surface area contributed by atoms with Crippen LogP contribution < -0.4 is 5.32 Å². The quantitative estimate of drug-likeness (QED) is 0.909. The molecule has 6 heteroatoms. The molecule has 1 aromatic heterocycles. The topological polar surface area (TPSA) is 66.7 Å². The van der Waals surface area contributed by atoms with Crippen LogP contribution in [0.15, 0.2) is 30.5 Å². The number of hydrogen-bond donors (Lipinski definition) is 2. The fourth-order valence-electron chi connectivity index (χ4n) is 3.00. The lowest BCUT2D eigenvalue weighted by Crippen LogP contribution is -2.44. The number of piperidine rings is 1. The van der Waals surface area contributed by atoms with Crippen molar-refractivity contribution in [2.45, 2.75) is 25.5 Å². The molecular weight excluding hydrogens is 294 g/mol. The lowest BCUT2D eigenvalue weighted by Gasteiger charge is -2.30. The lowest BCUT2D eigenvalue weighted by molar-refractivity contribution is 0.0883. The molecule has 1 aromatic carbocycles. The number of carbonyl (C=O) groups excluding carboxylic acids is 1. The van der Waals surface area contributed by atoms with Crippen LogP contribution in [0.2, 0.25) is 0 Å². The molecule has 1 aliphatic heterocycles. The number of β-amino-alcohol motifs (C(OH)–C–C–N with tert-alkyl or cyclic N) is 1. The zero-order chi connectivity index (χ0) is 16.2. The predicted molar refractivity (Wildman–Crippen MR) is 89.6 cm³/mol. The first-order valence-corrected chi connectivity index (χ1v) is 7.99. The van der Waals surface area contributed by atoms with Gasteiger partial charge in [-0.15, -0.1) is 0 Å². The molecule has 2 N–H and O–H groups in total. The van der Waals surface area contributed by atoms with Gasteiger partial charge >= 0.3 is 6.03 Å². The third-order valence-electron chi connectivity index (χ3n) is 4.24. The molecule has 0 aliphatic carbocycles. The van der Waals surface area contributed by atoms with Crippen molar-refractivity contribution in [3.63, 3.8) is 0 Å². The molecule has 2 aromatic rings. The van der Waals surface area contributed by atoms with E-state index in [0.29, 0.717) is 19.7 Å². The highest BCUT2D eigenvalue weighted by Crippen LogP contribution is 2.21. The van der Waals surface area contributed by atoms with Gasteiger partial charge in [0.2, 0.25) is 0 Å². The number of methoxy groups -OCH3 is 1. The van der Waals surface area contributed by atoms with Crippen molar-refractivity contribution in [3.05, 3.63) is 30.5 Å². The fourth-order valence-corrected chi connectivity index (χ4v) is 3.00. The minimum atomic E-state index is -0.410. The lowest BCUT2D eigenvalue weighted by atomic mass is 10.1. The SMILES string of the molecule is COCCn1ccc2cc(NC(=O)N3CCCC(O)C3)ccc21. The number of aliphatic hydroxyl groups excluding tert-OH is 1. The Balaban J connectivity index is 1.69. The number of aromatic nitrogens is 1. The van der Waals surface area contributed by atoms with Gasteiger partial charge in [-0.1, -0.05) is 0 Å². The van der Waals surface area contributed by atoms with Gasteiger partial charge in [0.25, 0.3) is 0 Å². The van der Waals surface area contributed by atoms with E-state index in [2.05, 4.69) is 9.88 Å². The fraction of sp³-hybridized carbons (Fsp3) is 0.471. The number of nitrogens with one attached hydrogen (secondary N) is 1. The number of fused-ring (bicyclic) bond motifs is 1. The minimum absolute atomic E-state index is 0.151. The number of aliphatic hydroxyl groups is 1. The largest absolute Gasteiger partial charge is 0.391 e. The minimum Gasteiger partial charge on any atom is -0.391 e. The molecule has 1 atom stereocenters. The second kappa shape index (κ2) is 7.02. The van der Waals surface area contributed by atoms with E-state index in [0.717, 1.165) is 36.0 Å². The Morgan fingerprint density at radius 1 is 1.43 bits per heavy atom. The van der Waals surface area contributed by atoms with Crippen molar-refractivity contribution in [2.75, 3.05) is 32.1 Å². The molecule has 2 amide bonds. The van der Waals surface area contributed by atoms with Gasteiger partial charge in [-0.2, -0.15) is 0 Å². The van der Waals surface area contributed by atoms with E-state index in [9.17, 15) is 9.90 Å². The number of ether oxygens (including phenoxy) is 1. The molecule has 1 unspecified atom stereocenters. The number of nitrogens with zero attached hydrogens (tertiary/aromatic N) is 2. The Morgan fingerprint density at radius 2 is 2.30 bits per heavy atom. The van der Waals surface area contributed by atoms with Gasteiger partial charge in [-0.05, 0) is 37.1 Å². The Labute approximate surface area is 135 Å². The third kappa shape index (κ3) is 3.65. The maximum Gasteiger partial charge on any atom is 0.321 e. The van der Waals surface area contributed by atoms with Gasteiger partial charge in [0.15, 0.2) is 0 Å². The molecular formula is C17H23N3O3. The van der Waals surface area contributed by atoms with E-state index < -0.39 is 6.10 Å². The zero-order valence-corrected chi connectivity index (χ0v) is 13.4. The Morgan fingerprint density at radius 3 is 3.09 bits per heavy atom. The molecule has 1 aliphatic rings. The van der Waals surface area contributed by atoms with Crippen LogP contribution in [0.5, 0.6) is 0 Å². The van der Waals surface area contributed by atoms with Crippen molar-refractivity contribution in [1.29, 1.82) is 0 Å². The van der Waals surface area contributed by atoms with Gasteiger partial charge in [0.05, 0.1) is 12.7 Å². The van der Waals surface area contributed by atoms with Crippen LogP contribution in [0.4, 0.5) is 10.5 Å². The maximum atomic E-state index is 12.3. The molecule has 0 spiro atoms. The molecule has 2 heterocycles. The Bertz CT molecular complexity index is 683. The Kier molecular flexibility index (Phi) is 4.83. The summed E-state index contributed by atoms with van der Waals surface area (Å²) in [5.74, 6) is 0. The summed E-state index contributed by atoms with van der Waals surface area (Å²) in [6.07, 6.45) is 3.23. The molecule has 0 radical (unpaired) electrons. The number of amides is 2. The summed E-state index contributed by atoms with van der Waals surface area (Å²) in [6.45, 7) is 2.57. The van der Waals surface area contributed by atoms with Gasteiger partial charge in [0, 0.05) is 49.5 Å². The molecule has 0 saturated carbocycles. The molecule has 23 heavy (non-hydrogen) atoms. The summed E-state index contributed by atoms with van der Waals surface area (Å²) in [4.78, 5) is 13.9. The normalized spacial score (nSPS) is 18.3. The second-order valence-electron chi connectivity index (χ2n) is 5.95. The van der Waals surface area contributed by atoms with E-state index in [1.807, 2.05) is 30.5 Å². The van der Waals surface area contributed by atoms with Crippen LogP contribution in [-0.2, 0) is 11.3 Å². The number of anilines is 1. The first kappa shape index (κ1) is 15.8. The first-order valence-electron chi connectivity index (χ1n) is 7.99. The van der Waals surface area contributed by atoms with E-state index in [1.165, 1.54) is 0 Å². The van der Waals surface area contributed by atoms with E-state index in [-0.39, 0.29) is 6.03 Å². The predicted octanol–water partition coefficient (Wildman–Crippen LogP) is 2.28. The van der Waals surface area contributed by atoms with E-state index in [1.54, 1.807) is 12.0 Å². The van der Waals surface area contributed by atoms with Crippen molar-refractivity contribution in [1.82, 2.24) is 9.47 Å². The Hall–Kier alpha value is -2.05. The highest BCUT2D eigenvalue weighted by atomic mass is 16.5. The summed E-state index contributed by atoms with van der Waals surface area (Å²) in [5.41, 5.74) is 1.89. The first-order chi connectivity index (χ1) is 11.2. The number of hydrogen-bond acceptors (Lipinski definition) is 3. The second-order valence-corrected chi connectivity index (χ2v) is 5.95. The molecule has 0 bridgehead atoms. The van der Waals surface area contributed by atoms with Crippen LogP contribution in [0.3, 0.4) is 0 Å². The summed E-state index contributed by atoms with van der Waals surface area (Å²) in [5, 5.41) is 13.7. The highest BCUT2D eigenvalue weighted by molar-refractivity contribution is 5.93. The molecule has 6 nitrogen and oxygen atoms in total. The van der Waals surface area contributed by atoms with Crippen molar-refractivity contribution in [2.24, 2.45) is 0 Å². The van der Waals surface area contributed by atoms with Crippen molar-refractivity contribution < 1.29 is 14.6 Å².